The molecule has 3 aliphatic heterocycles. The van der Waals surface area contributed by atoms with Gasteiger partial charge in [0.1, 0.15) is 18.8 Å². The van der Waals surface area contributed by atoms with Gasteiger partial charge in [-0.25, -0.2) is 9.59 Å². The fourth-order valence-corrected chi connectivity index (χ4v) is 3.98. The van der Waals surface area contributed by atoms with Crippen LogP contribution in [0.4, 0.5) is 0 Å². The van der Waals surface area contributed by atoms with Gasteiger partial charge in [0, 0.05) is 18.7 Å². The molecule has 8 nitrogen and oxygen atoms in total. The van der Waals surface area contributed by atoms with Crippen molar-refractivity contribution in [3.63, 3.8) is 0 Å². The van der Waals surface area contributed by atoms with Gasteiger partial charge < -0.3 is 19.3 Å². The third-order valence-electron chi connectivity index (χ3n) is 6.05. The van der Waals surface area contributed by atoms with E-state index in [9.17, 15) is 19.5 Å². The molecule has 0 amide bonds. The third kappa shape index (κ3) is 3.35. The molecule has 2 fully saturated rings. The average molecular weight is 393 g/mol. The van der Waals surface area contributed by atoms with Crippen LogP contribution in [0.3, 0.4) is 0 Å². The summed E-state index contributed by atoms with van der Waals surface area (Å²) in [7, 11) is 0. The quantitative estimate of drug-likeness (QED) is 0.316. The molecule has 28 heavy (non-hydrogen) atoms. The van der Waals surface area contributed by atoms with Crippen LogP contribution in [-0.4, -0.2) is 71.5 Å². The molecule has 0 spiro atoms. The molecule has 3 rings (SSSR count). The summed E-state index contributed by atoms with van der Waals surface area (Å²) in [5.41, 5.74) is -0.624. The number of fused-ring (bicyclic) bond motifs is 1. The van der Waals surface area contributed by atoms with Crippen molar-refractivity contribution >= 4 is 17.9 Å². The highest BCUT2D eigenvalue weighted by atomic mass is 16.6. The summed E-state index contributed by atoms with van der Waals surface area (Å²) >= 11 is 0. The zero-order valence-corrected chi connectivity index (χ0v) is 16.6. The van der Waals surface area contributed by atoms with E-state index in [1.54, 1.807) is 19.9 Å². The Morgan fingerprint density at radius 3 is 2.75 bits per heavy atom. The van der Waals surface area contributed by atoms with E-state index in [0.29, 0.717) is 18.5 Å². The Bertz CT molecular complexity index is 743. The van der Waals surface area contributed by atoms with E-state index >= 15 is 0 Å². The Morgan fingerprint density at radius 1 is 1.43 bits per heavy atom. The number of aliphatic hydroxyl groups is 1. The Labute approximate surface area is 164 Å². The van der Waals surface area contributed by atoms with Gasteiger partial charge in [-0.15, -0.1) is 0 Å². The average Bonchev–Trinajstić information content (AvgIpc) is 3.31. The van der Waals surface area contributed by atoms with Crippen molar-refractivity contribution in [1.29, 1.82) is 0 Å². The van der Waals surface area contributed by atoms with Crippen molar-refractivity contribution in [1.82, 2.24) is 4.90 Å². The number of hydrogen-bond acceptors (Lipinski definition) is 8. The molecule has 2 saturated heterocycles. The van der Waals surface area contributed by atoms with Crippen LogP contribution >= 0.6 is 0 Å². The van der Waals surface area contributed by atoms with Crippen LogP contribution in [0, 0.1) is 5.92 Å². The molecule has 0 bridgehead atoms. The summed E-state index contributed by atoms with van der Waals surface area (Å²) in [5.74, 6) is -2.85. The van der Waals surface area contributed by atoms with E-state index < -0.39 is 29.6 Å². The molecule has 0 unspecified atom stereocenters. The SMILES string of the molecule is CC=C(C)C(=O)O[C@H]1CCN2CC=C(COC(=O)[C@@]3(O)[C@H](C)C(=O)O[C@@H]3C)[C@H]12. The van der Waals surface area contributed by atoms with Crippen LogP contribution in [0.25, 0.3) is 0 Å². The van der Waals surface area contributed by atoms with E-state index in [-0.39, 0.29) is 24.7 Å². The maximum atomic E-state index is 12.5. The molecular formula is C20H27NO7. The lowest BCUT2D eigenvalue weighted by atomic mass is 9.87. The van der Waals surface area contributed by atoms with Crippen LogP contribution in [0.2, 0.25) is 0 Å². The number of carbonyl (C=O) groups excluding carboxylic acids is 3. The van der Waals surface area contributed by atoms with Crippen molar-refractivity contribution in [2.45, 2.75) is 58.0 Å². The molecule has 8 heteroatoms. The first-order valence-corrected chi connectivity index (χ1v) is 9.57. The van der Waals surface area contributed by atoms with E-state index in [1.165, 1.54) is 13.8 Å². The number of ether oxygens (including phenoxy) is 3. The zero-order valence-electron chi connectivity index (χ0n) is 16.6. The fraction of sp³-hybridized carbons (Fsp3) is 0.650. The molecule has 0 aliphatic carbocycles. The van der Waals surface area contributed by atoms with Crippen LogP contribution in [-0.2, 0) is 28.6 Å². The number of nitrogens with zero attached hydrogens (tertiary/aromatic N) is 1. The van der Waals surface area contributed by atoms with Gasteiger partial charge in [-0.2, -0.15) is 0 Å². The Morgan fingerprint density at radius 2 is 2.14 bits per heavy atom. The van der Waals surface area contributed by atoms with Gasteiger partial charge in [0.05, 0.1) is 12.0 Å². The lowest BCUT2D eigenvalue weighted by Gasteiger charge is -2.27. The van der Waals surface area contributed by atoms with E-state index in [1.807, 2.05) is 6.08 Å². The Balaban J connectivity index is 1.64. The smallest absolute Gasteiger partial charge is 0.343 e. The van der Waals surface area contributed by atoms with E-state index in [4.69, 9.17) is 14.2 Å². The number of carbonyl (C=O) groups is 3. The van der Waals surface area contributed by atoms with Gasteiger partial charge in [0.15, 0.2) is 0 Å². The first-order valence-electron chi connectivity index (χ1n) is 9.57. The number of cyclic esters (lactones) is 1. The minimum Gasteiger partial charge on any atom is -0.459 e. The largest absolute Gasteiger partial charge is 0.459 e. The number of esters is 3. The first-order chi connectivity index (χ1) is 13.2. The van der Waals surface area contributed by atoms with E-state index in [2.05, 4.69) is 4.90 Å². The second-order valence-corrected chi connectivity index (χ2v) is 7.63. The highest BCUT2D eigenvalue weighted by Gasteiger charge is 2.59. The normalized spacial score (nSPS) is 35.4. The van der Waals surface area contributed by atoms with Crippen LogP contribution in [0.15, 0.2) is 23.3 Å². The minimum atomic E-state index is -2.00. The molecule has 0 radical (unpaired) electrons. The second-order valence-electron chi connectivity index (χ2n) is 7.63. The fourth-order valence-electron chi connectivity index (χ4n) is 3.98. The molecule has 3 heterocycles. The maximum absolute atomic E-state index is 12.5. The summed E-state index contributed by atoms with van der Waals surface area (Å²) in [5, 5.41) is 10.7. The zero-order chi connectivity index (χ0) is 20.6. The highest BCUT2D eigenvalue weighted by Crippen LogP contribution is 2.35. The van der Waals surface area contributed by atoms with Crippen molar-refractivity contribution in [3.8, 4) is 0 Å². The van der Waals surface area contributed by atoms with Gasteiger partial charge in [-0.1, -0.05) is 12.2 Å². The Kier molecular flexibility index (Phi) is 5.63. The summed E-state index contributed by atoms with van der Waals surface area (Å²) in [6.07, 6.45) is 3.08. The molecule has 5 atom stereocenters. The summed E-state index contributed by atoms with van der Waals surface area (Å²) < 4.78 is 16.0. The summed E-state index contributed by atoms with van der Waals surface area (Å²) in [6.45, 7) is 7.83. The molecule has 3 aliphatic rings. The number of rotatable bonds is 5. The lowest BCUT2D eigenvalue weighted by molar-refractivity contribution is -0.173. The summed E-state index contributed by atoms with van der Waals surface area (Å²) in [6, 6.07) is -0.146. The van der Waals surface area contributed by atoms with Gasteiger partial charge in [0.25, 0.3) is 0 Å². The molecule has 0 saturated carbocycles. The van der Waals surface area contributed by atoms with Crippen molar-refractivity contribution in [3.05, 3.63) is 23.3 Å². The van der Waals surface area contributed by atoms with Gasteiger partial charge >= 0.3 is 17.9 Å². The third-order valence-corrected chi connectivity index (χ3v) is 6.05. The minimum absolute atomic E-state index is 0.0351. The predicted molar refractivity (Wildman–Crippen MR) is 98.0 cm³/mol. The van der Waals surface area contributed by atoms with Crippen LogP contribution < -0.4 is 0 Å². The molecule has 154 valence electrons. The Hall–Kier alpha value is -2.19. The topological polar surface area (TPSA) is 102 Å². The summed E-state index contributed by atoms with van der Waals surface area (Å²) in [4.78, 5) is 38.5. The predicted octanol–water partition coefficient (Wildman–Crippen LogP) is 0.734. The standard InChI is InChI=1S/C20H27NO7/c1-5-11(2)17(22)28-15-7-9-21-8-6-14(16(15)21)10-26-19(24)20(25)12(3)18(23)27-13(20)4/h5-6,12-13,15-16,25H,7-10H2,1-4H3/t12-,13-,15+,16-,20-/m1/s1. The first kappa shape index (κ1) is 20.5. The molecule has 0 aromatic rings. The maximum Gasteiger partial charge on any atom is 0.343 e. The second kappa shape index (κ2) is 7.67. The van der Waals surface area contributed by atoms with Crippen LogP contribution in [0.5, 0.6) is 0 Å². The lowest BCUT2D eigenvalue weighted by Crippen LogP contribution is -2.50. The van der Waals surface area contributed by atoms with Crippen LogP contribution in [0.1, 0.15) is 34.1 Å². The molecule has 1 N–H and O–H groups in total. The van der Waals surface area contributed by atoms with Crippen molar-refractivity contribution in [2.75, 3.05) is 19.7 Å². The van der Waals surface area contributed by atoms with Gasteiger partial charge in [-0.3, -0.25) is 9.69 Å². The van der Waals surface area contributed by atoms with Gasteiger partial charge in [-0.05, 0) is 39.7 Å². The van der Waals surface area contributed by atoms with Crippen molar-refractivity contribution < 1.29 is 33.7 Å². The highest BCUT2D eigenvalue weighted by molar-refractivity contribution is 5.91. The van der Waals surface area contributed by atoms with E-state index in [0.717, 1.165) is 12.1 Å². The van der Waals surface area contributed by atoms with Gasteiger partial charge in [0.2, 0.25) is 5.60 Å². The molecule has 0 aromatic heterocycles. The number of allylic oxidation sites excluding steroid dienone is 1. The molecule has 0 aromatic carbocycles. The molecular weight excluding hydrogens is 366 g/mol. The van der Waals surface area contributed by atoms with Crippen molar-refractivity contribution in [2.24, 2.45) is 5.92 Å². The monoisotopic (exact) mass is 393 g/mol. The number of hydrogen-bond donors (Lipinski definition) is 1.